The molecule has 5 nitrogen and oxygen atoms in total. The Morgan fingerprint density at radius 3 is 2.47 bits per heavy atom. The van der Waals surface area contributed by atoms with Crippen LogP contribution in [0, 0.1) is 19.8 Å². The minimum absolute atomic E-state index is 0.336. The van der Waals surface area contributed by atoms with Crippen LogP contribution in [0.1, 0.15) is 107 Å². The quantitative estimate of drug-likeness (QED) is 0.139. The van der Waals surface area contributed by atoms with Crippen LogP contribution in [0.5, 0.6) is 11.5 Å². The van der Waals surface area contributed by atoms with Crippen molar-refractivity contribution in [3.8, 4) is 23.0 Å². The van der Waals surface area contributed by atoms with Crippen molar-refractivity contribution < 1.29 is 4.74 Å². The lowest BCUT2D eigenvalue weighted by atomic mass is 9.72. The molecule has 6 aromatic rings. The van der Waals surface area contributed by atoms with Gasteiger partial charge in [0.2, 0.25) is 0 Å². The number of aryl methyl sites for hydroxylation is 2. The van der Waals surface area contributed by atoms with Gasteiger partial charge in [-0.25, -0.2) is 9.67 Å². The SMILES string of the molecule is CCCc1ccnc(-n2c3ccccc3c3ccc(Oc4cc(C(C)C)cc(-n5nc(C)c([C@H]6C(CC)=CCCC6CC)c5C)c4)cc32)c1. The Labute approximate surface area is 291 Å². The van der Waals surface area contributed by atoms with Crippen molar-refractivity contribution in [2.75, 3.05) is 0 Å². The van der Waals surface area contributed by atoms with Crippen molar-refractivity contribution in [2.24, 2.45) is 5.92 Å². The van der Waals surface area contributed by atoms with Gasteiger partial charge in [-0.1, -0.05) is 77.3 Å². The normalized spacial score (nSPS) is 16.5. The Morgan fingerprint density at radius 1 is 0.878 bits per heavy atom. The van der Waals surface area contributed by atoms with Crippen LogP contribution in [-0.4, -0.2) is 19.3 Å². The highest BCUT2D eigenvalue weighted by atomic mass is 16.5. The van der Waals surface area contributed by atoms with Gasteiger partial charge in [0.05, 0.1) is 22.4 Å². The van der Waals surface area contributed by atoms with Gasteiger partial charge in [0.25, 0.3) is 0 Å². The Kier molecular flexibility index (Phi) is 9.19. The molecule has 3 aromatic carbocycles. The number of allylic oxidation sites excluding steroid dienone is 2. The summed E-state index contributed by atoms with van der Waals surface area (Å²) in [6.45, 7) is 15.8. The summed E-state index contributed by atoms with van der Waals surface area (Å²) in [6.07, 6.45) is 11.3. The third-order valence-electron chi connectivity index (χ3n) is 10.7. The van der Waals surface area contributed by atoms with Crippen LogP contribution < -0.4 is 4.74 Å². The van der Waals surface area contributed by atoms with E-state index in [0.717, 1.165) is 59.0 Å². The second-order valence-corrected chi connectivity index (χ2v) is 14.2. The summed E-state index contributed by atoms with van der Waals surface area (Å²) in [6, 6.07) is 26.0. The van der Waals surface area contributed by atoms with Crippen molar-refractivity contribution >= 4 is 21.8 Å². The molecule has 252 valence electrons. The molecule has 0 amide bonds. The lowest BCUT2D eigenvalue weighted by Gasteiger charge is -2.32. The van der Waals surface area contributed by atoms with Gasteiger partial charge in [-0.15, -0.1) is 0 Å². The predicted octanol–water partition coefficient (Wildman–Crippen LogP) is 12.1. The molecule has 5 heteroatoms. The van der Waals surface area contributed by atoms with Gasteiger partial charge in [-0.3, -0.25) is 4.57 Å². The number of hydrogen-bond donors (Lipinski definition) is 0. The standard InChI is InChI=1S/C44H50N4O/c1-8-14-31-21-22-45-42(23-31)47-40-18-12-11-17-38(40)39-20-19-36(27-41(39)47)49-37-25-34(28(4)5)24-35(26-37)48-30(7)43(29(6)46-48)44-32(9-2)15-13-16-33(44)10-3/h11-12,15,17-28,33,44H,8-10,13-14,16H2,1-7H3/t33?,44-/m0/s1. The van der Waals surface area contributed by atoms with Crippen LogP contribution in [0.2, 0.25) is 0 Å². The highest BCUT2D eigenvalue weighted by Crippen LogP contribution is 2.45. The molecular weight excluding hydrogens is 601 g/mol. The lowest BCUT2D eigenvalue weighted by Crippen LogP contribution is -2.19. The minimum Gasteiger partial charge on any atom is -0.457 e. The summed E-state index contributed by atoms with van der Waals surface area (Å²) in [7, 11) is 0. The molecule has 0 saturated heterocycles. The first-order chi connectivity index (χ1) is 23.8. The first kappa shape index (κ1) is 32.9. The molecule has 0 aliphatic heterocycles. The molecule has 49 heavy (non-hydrogen) atoms. The zero-order chi connectivity index (χ0) is 34.2. The topological polar surface area (TPSA) is 44.9 Å². The molecular formula is C44H50N4O. The average Bonchev–Trinajstić information content (AvgIpc) is 3.60. The van der Waals surface area contributed by atoms with Gasteiger partial charge in [0.1, 0.15) is 17.3 Å². The predicted molar refractivity (Wildman–Crippen MR) is 204 cm³/mol. The molecule has 0 fully saturated rings. The molecule has 1 aliphatic rings. The zero-order valence-electron chi connectivity index (χ0n) is 30.3. The highest BCUT2D eigenvalue weighted by molar-refractivity contribution is 6.09. The van der Waals surface area contributed by atoms with Crippen molar-refractivity contribution in [2.45, 2.75) is 98.8 Å². The van der Waals surface area contributed by atoms with Gasteiger partial charge >= 0.3 is 0 Å². The summed E-state index contributed by atoms with van der Waals surface area (Å²) >= 11 is 0. The fourth-order valence-corrected chi connectivity index (χ4v) is 8.20. The number of nitrogens with zero attached hydrogens (tertiary/aromatic N) is 4. The fraction of sp³-hybridized carbons (Fsp3) is 0.364. The fourth-order valence-electron chi connectivity index (χ4n) is 8.20. The third kappa shape index (κ3) is 6.09. The number of para-hydroxylation sites is 1. The number of hydrogen-bond acceptors (Lipinski definition) is 3. The maximum absolute atomic E-state index is 6.77. The van der Waals surface area contributed by atoms with Crippen molar-refractivity contribution in [3.63, 3.8) is 0 Å². The number of pyridine rings is 1. The van der Waals surface area contributed by atoms with E-state index in [4.69, 9.17) is 14.8 Å². The highest BCUT2D eigenvalue weighted by Gasteiger charge is 2.32. The first-order valence-corrected chi connectivity index (χ1v) is 18.4. The molecule has 1 aliphatic carbocycles. The van der Waals surface area contributed by atoms with E-state index in [1.165, 1.54) is 52.4 Å². The molecule has 0 bridgehead atoms. The molecule has 1 unspecified atom stereocenters. The van der Waals surface area contributed by atoms with E-state index in [9.17, 15) is 0 Å². The maximum Gasteiger partial charge on any atom is 0.137 e. The number of ether oxygens (including phenoxy) is 1. The zero-order valence-corrected chi connectivity index (χ0v) is 30.3. The van der Waals surface area contributed by atoms with Gasteiger partial charge in [0, 0.05) is 46.3 Å². The van der Waals surface area contributed by atoms with E-state index in [1.807, 2.05) is 6.20 Å². The molecule has 0 saturated carbocycles. The van der Waals surface area contributed by atoms with E-state index in [1.54, 1.807) is 5.57 Å². The second kappa shape index (κ2) is 13.7. The van der Waals surface area contributed by atoms with Gasteiger partial charge < -0.3 is 4.74 Å². The molecule has 0 radical (unpaired) electrons. The smallest absolute Gasteiger partial charge is 0.137 e. The largest absolute Gasteiger partial charge is 0.457 e. The van der Waals surface area contributed by atoms with Gasteiger partial charge in [-0.05, 0) is 105 Å². The average molecular weight is 651 g/mol. The summed E-state index contributed by atoms with van der Waals surface area (Å²) in [5.41, 5.74) is 11.2. The maximum atomic E-state index is 6.77. The van der Waals surface area contributed by atoms with Crippen molar-refractivity contribution in [1.82, 2.24) is 19.3 Å². The van der Waals surface area contributed by atoms with Gasteiger partial charge in [-0.2, -0.15) is 5.10 Å². The second-order valence-electron chi connectivity index (χ2n) is 14.2. The Hall–Kier alpha value is -4.64. The van der Waals surface area contributed by atoms with E-state index in [2.05, 4.69) is 137 Å². The number of benzene rings is 3. The summed E-state index contributed by atoms with van der Waals surface area (Å²) in [4.78, 5) is 4.83. The van der Waals surface area contributed by atoms with Crippen LogP contribution in [0.15, 0.2) is 90.6 Å². The van der Waals surface area contributed by atoms with Gasteiger partial charge in [0.15, 0.2) is 0 Å². The minimum atomic E-state index is 0.336. The first-order valence-electron chi connectivity index (χ1n) is 18.4. The molecule has 2 atom stereocenters. The van der Waals surface area contributed by atoms with Crippen LogP contribution in [0.3, 0.4) is 0 Å². The summed E-state index contributed by atoms with van der Waals surface area (Å²) in [5.74, 6) is 3.99. The van der Waals surface area contributed by atoms with E-state index in [-0.39, 0.29) is 0 Å². The lowest BCUT2D eigenvalue weighted by molar-refractivity contribution is 0.393. The molecule has 3 aromatic heterocycles. The Balaban J connectivity index is 1.31. The Bertz CT molecular complexity index is 2160. The van der Waals surface area contributed by atoms with E-state index < -0.39 is 0 Å². The van der Waals surface area contributed by atoms with E-state index >= 15 is 0 Å². The number of fused-ring (bicyclic) bond motifs is 3. The molecule has 0 spiro atoms. The third-order valence-corrected chi connectivity index (χ3v) is 10.7. The number of rotatable bonds is 10. The van der Waals surface area contributed by atoms with Crippen LogP contribution in [-0.2, 0) is 6.42 Å². The monoisotopic (exact) mass is 650 g/mol. The molecule has 7 rings (SSSR count). The van der Waals surface area contributed by atoms with Crippen molar-refractivity contribution in [3.05, 3.63) is 119 Å². The van der Waals surface area contributed by atoms with Crippen LogP contribution in [0.25, 0.3) is 33.3 Å². The number of aromatic nitrogens is 4. The summed E-state index contributed by atoms with van der Waals surface area (Å²) < 4.78 is 11.2. The van der Waals surface area contributed by atoms with Crippen LogP contribution in [0.4, 0.5) is 0 Å². The molecule has 3 heterocycles. The van der Waals surface area contributed by atoms with Crippen molar-refractivity contribution in [1.29, 1.82) is 0 Å². The van der Waals surface area contributed by atoms with E-state index in [0.29, 0.717) is 17.8 Å². The molecule has 0 N–H and O–H groups in total. The summed E-state index contributed by atoms with van der Waals surface area (Å²) in [5, 5.41) is 7.59. The Morgan fingerprint density at radius 2 is 1.69 bits per heavy atom. The van der Waals surface area contributed by atoms with Crippen LogP contribution >= 0.6 is 0 Å².